The number of nitrogens with zero attached hydrogens (tertiary/aromatic N) is 1. The molecule has 2 unspecified atom stereocenters. The molecule has 121 valence electrons. The van der Waals surface area contributed by atoms with Gasteiger partial charge in [-0.25, -0.2) is 0 Å². The number of esters is 1. The predicted molar refractivity (Wildman–Crippen MR) is 81.2 cm³/mol. The summed E-state index contributed by atoms with van der Waals surface area (Å²) in [6, 6.07) is -0.228. The molecule has 0 aromatic carbocycles. The van der Waals surface area contributed by atoms with Gasteiger partial charge in [-0.2, -0.15) is 6.42 Å². The summed E-state index contributed by atoms with van der Waals surface area (Å²) in [7, 11) is 1.90. The van der Waals surface area contributed by atoms with Gasteiger partial charge in [-0.1, -0.05) is 20.8 Å². The minimum atomic E-state index is -0.452. The van der Waals surface area contributed by atoms with E-state index in [-0.39, 0.29) is 62.3 Å². The number of Topliss-reactive ketones (excluding diaryl/α,β-unsaturated/α-hetero) is 1. The van der Waals surface area contributed by atoms with E-state index in [4.69, 9.17) is 4.74 Å². The van der Waals surface area contributed by atoms with E-state index in [1.165, 1.54) is 6.92 Å². The van der Waals surface area contributed by atoms with Gasteiger partial charge in [-0.3, -0.25) is 14.5 Å². The fraction of sp³-hybridized carbons (Fsp3) is 0.812. The molecule has 21 heavy (non-hydrogen) atoms. The smallest absolute Gasteiger partial charge is 0.302 e. The van der Waals surface area contributed by atoms with E-state index < -0.39 is 12.1 Å². The number of carbonyl (C=O) groups excluding carboxylic acids is 2. The SMILES string of the molecule is [CH2-]C[C@@H](C)C(OC(C)=O)C(C(=O)C(C)C)N(C)C(C)C.[Y]. The molecule has 0 aromatic heterocycles. The molecule has 0 saturated carbocycles. The van der Waals surface area contributed by atoms with Crippen LogP contribution in [0.4, 0.5) is 0 Å². The standard InChI is InChI=1S/C16H30NO3.Y/c1-9-12(6)16(20-13(7)18)14(15(19)10(2)3)17(8)11(4)5;/h10-12,14,16H,1,9H2,2-8H3;/q-1;/t12-,14?,16?;/m1./s1. The van der Waals surface area contributed by atoms with Gasteiger partial charge < -0.3 is 11.7 Å². The summed E-state index contributed by atoms with van der Waals surface area (Å²) in [4.78, 5) is 26.0. The molecule has 5 heteroatoms. The summed E-state index contributed by atoms with van der Waals surface area (Å²) in [6.07, 6.45) is 0.165. The van der Waals surface area contributed by atoms with Gasteiger partial charge in [0.25, 0.3) is 0 Å². The van der Waals surface area contributed by atoms with Crippen LogP contribution in [0.15, 0.2) is 0 Å². The van der Waals surface area contributed by atoms with Crippen LogP contribution in [0.5, 0.6) is 0 Å². The average molecular weight is 373 g/mol. The van der Waals surface area contributed by atoms with Crippen molar-refractivity contribution in [2.24, 2.45) is 11.8 Å². The van der Waals surface area contributed by atoms with Crippen molar-refractivity contribution in [2.45, 2.75) is 66.2 Å². The van der Waals surface area contributed by atoms with E-state index in [1.807, 2.05) is 46.6 Å². The molecular formula is C16H30NO3Y-. The van der Waals surface area contributed by atoms with Crippen molar-refractivity contribution in [3.63, 3.8) is 0 Å². The average Bonchev–Trinajstić information content (AvgIpc) is 2.35. The Morgan fingerprint density at radius 1 is 1.14 bits per heavy atom. The Kier molecular flexibility index (Phi) is 12.1. The first kappa shape index (κ1) is 23.5. The normalized spacial score (nSPS) is 15.6. The van der Waals surface area contributed by atoms with Crippen LogP contribution in [0, 0.1) is 18.8 Å². The Morgan fingerprint density at radius 2 is 1.62 bits per heavy atom. The van der Waals surface area contributed by atoms with Gasteiger partial charge in [0.15, 0.2) is 5.78 Å². The van der Waals surface area contributed by atoms with E-state index in [0.29, 0.717) is 6.42 Å². The van der Waals surface area contributed by atoms with E-state index in [9.17, 15) is 9.59 Å². The first-order chi connectivity index (χ1) is 9.13. The molecule has 0 aliphatic carbocycles. The number of rotatable bonds is 8. The summed E-state index contributed by atoms with van der Waals surface area (Å²) < 4.78 is 5.47. The third-order valence-corrected chi connectivity index (χ3v) is 3.74. The maximum Gasteiger partial charge on any atom is 0.302 e. The van der Waals surface area contributed by atoms with E-state index in [0.717, 1.165) is 0 Å². The molecule has 1 radical (unpaired) electrons. The molecule has 0 fully saturated rings. The molecule has 0 heterocycles. The van der Waals surface area contributed by atoms with Gasteiger partial charge in [-0.15, -0.1) is 0 Å². The van der Waals surface area contributed by atoms with E-state index in [2.05, 4.69) is 6.92 Å². The first-order valence-corrected chi connectivity index (χ1v) is 7.35. The van der Waals surface area contributed by atoms with E-state index in [1.54, 1.807) is 0 Å². The van der Waals surface area contributed by atoms with Crippen molar-refractivity contribution in [2.75, 3.05) is 7.05 Å². The molecule has 3 atom stereocenters. The molecule has 0 amide bonds. The van der Waals surface area contributed by atoms with Crippen LogP contribution in [0.1, 0.15) is 48.0 Å². The van der Waals surface area contributed by atoms with Gasteiger partial charge in [-0.05, 0) is 26.8 Å². The molecule has 0 rings (SSSR count). The van der Waals surface area contributed by atoms with Crippen molar-refractivity contribution in [3.05, 3.63) is 6.92 Å². The number of ketones is 1. The third-order valence-electron chi connectivity index (χ3n) is 3.74. The Bertz CT molecular complexity index is 331. The van der Waals surface area contributed by atoms with Crippen LogP contribution in [-0.4, -0.2) is 41.9 Å². The topological polar surface area (TPSA) is 46.6 Å². The predicted octanol–water partition coefficient (Wildman–Crippen LogP) is 2.71. The molecule has 4 nitrogen and oxygen atoms in total. The number of carbonyl (C=O) groups is 2. The molecule has 0 spiro atoms. The van der Waals surface area contributed by atoms with E-state index >= 15 is 0 Å². The Labute approximate surface area is 155 Å². The molecule has 0 aliphatic rings. The second-order valence-electron chi connectivity index (χ2n) is 6.10. The first-order valence-electron chi connectivity index (χ1n) is 7.35. The van der Waals surface area contributed by atoms with Gasteiger partial charge in [0.1, 0.15) is 12.1 Å². The van der Waals surface area contributed by atoms with Gasteiger partial charge in [0.05, 0.1) is 0 Å². The van der Waals surface area contributed by atoms with Crippen molar-refractivity contribution < 1.29 is 47.0 Å². The minimum absolute atomic E-state index is 0. The number of likely N-dealkylation sites (N-methyl/N-ethyl adjacent to an activating group) is 1. The number of ether oxygens (including phenoxy) is 1. The Morgan fingerprint density at radius 3 is 1.90 bits per heavy atom. The molecule has 0 aromatic rings. The largest absolute Gasteiger partial charge is 0.460 e. The summed E-state index contributed by atoms with van der Waals surface area (Å²) in [5.41, 5.74) is 0. The second-order valence-corrected chi connectivity index (χ2v) is 6.10. The van der Waals surface area contributed by atoms with Crippen molar-refractivity contribution in [1.82, 2.24) is 4.90 Å². The summed E-state index contributed by atoms with van der Waals surface area (Å²) >= 11 is 0. The molecular weight excluding hydrogens is 343 g/mol. The van der Waals surface area contributed by atoms with Crippen LogP contribution < -0.4 is 0 Å². The number of hydrogen-bond donors (Lipinski definition) is 0. The van der Waals surface area contributed by atoms with Crippen LogP contribution in [0.25, 0.3) is 0 Å². The maximum absolute atomic E-state index is 12.6. The fourth-order valence-electron chi connectivity index (χ4n) is 2.10. The summed E-state index contributed by atoms with van der Waals surface area (Å²) in [5, 5.41) is 0. The zero-order valence-corrected chi connectivity index (χ0v) is 17.4. The van der Waals surface area contributed by atoms with Crippen LogP contribution in [0.3, 0.4) is 0 Å². The maximum atomic E-state index is 12.6. The second kappa shape index (κ2) is 10.9. The Hall–Kier alpha value is 0.204. The van der Waals surface area contributed by atoms with Crippen LogP contribution in [-0.2, 0) is 47.0 Å². The molecule has 0 N–H and O–H groups in total. The van der Waals surface area contributed by atoms with Crippen molar-refractivity contribution in [3.8, 4) is 0 Å². The quantitative estimate of drug-likeness (QED) is 0.485. The monoisotopic (exact) mass is 373 g/mol. The van der Waals surface area contributed by atoms with Crippen molar-refractivity contribution >= 4 is 11.8 Å². The zero-order chi connectivity index (χ0) is 16.0. The number of hydrogen-bond acceptors (Lipinski definition) is 4. The van der Waals surface area contributed by atoms with Crippen LogP contribution >= 0.6 is 0 Å². The molecule has 0 bridgehead atoms. The van der Waals surface area contributed by atoms with Crippen molar-refractivity contribution in [1.29, 1.82) is 0 Å². The zero-order valence-electron chi connectivity index (χ0n) is 14.6. The van der Waals surface area contributed by atoms with Gasteiger partial charge in [0, 0.05) is 51.6 Å². The van der Waals surface area contributed by atoms with Gasteiger partial charge >= 0.3 is 5.97 Å². The van der Waals surface area contributed by atoms with Gasteiger partial charge in [0.2, 0.25) is 0 Å². The molecule has 0 aliphatic heterocycles. The fourth-order valence-corrected chi connectivity index (χ4v) is 2.10. The summed E-state index contributed by atoms with van der Waals surface area (Å²) in [5.74, 6) is -0.314. The molecule has 0 saturated heterocycles. The van der Waals surface area contributed by atoms with Crippen LogP contribution in [0.2, 0.25) is 0 Å². The minimum Gasteiger partial charge on any atom is -0.460 e. The Balaban J connectivity index is 0. The third kappa shape index (κ3) is 7.34. The summed E-state index contributed by atoms with van der Waals surface area (Å²) in [6.45, 7) is 15.0.